The molecule has 0 bridgehead atoms. The maximum atomic E-state index is 5.65. The number of nitrogens with one attached hydrogen (secondary N) is 2. The lowest BCUT2D eigenvalue weighted by Gasteiger charge is -2.26. The Labute approximate surface area is 134 Å². The van der Waals surface area contributed by atoms with Crippen LogP contribution in [0.2, 0.25) is 0 Å². The van der Waals surface area contributed by atoms with Crippen LogP contribution in [0.4, 0.5) is 0 Å². The van der Waals surface area contributed by atoms with Gasteiger partial charge >= 0.3 is 0 Å². The Morgan fingerprint density at radius 3 is 2.64 bits per heavy atom. The van der Waals surface area contributed by atoms with Gasteiger partial charge in [0.25, 0.3) is 0 Å². The summed E-state index contributed by atoms with van der Waals surface area (Å²) in [6.45, 7) is 12.3. The number of furan rings is 1. The van der Waals surface area contributed by atoms with E-state index < -0.39 is 0 Å². The summed E-state index contributed by atoms with van der Waals surface area (Å²) in [6, 6.07) is 4.25. The molecule has 1 aliphatic heterocycles. The van der Waals surface area contributed by atoms with Crippen LogP contribution in [0.25, 0.3) is 0 Å². The summed E-state index contributed by atoms with van der Waals surface area (Å²) in [5, 5.41) is 6.76. The van der Waals surface area contributed by atoms with Crippen molar-refractivity contribution in [2.45, 2.75) is 52.1 Å². The second-order valence-electron chi connectivity index (χ2n) is 6.87. The van der Waals surface area contributed by atoms with Gasteiger partial charge in [0.1, 0.15) is 5.76 Å². The van der Waals surface area contributed by atoms with E-state index in [2.05, 4.69) is 49.3 Å². The summed E-state index contributed by atoms with van der Waals surface area (Å²) in [5.41, 5.74) is -0.00513. The Bertz CT molecular complexity index is 456. The molecule has 1 unspecified atom stereocenters. The van der Waals surface area contributed by atoms with Gasteiger partial charge in [-0.15, -0.1) is 0 Å². The van der Waals surface area contributed by atoms with Crippen LogP contribution in [0.15, 0.2) is 27.8 Å². The van der Waals surface area contributed by atoms with Crippen molar-refractivity contribution >= 4 is 5.96 Å². The van der Waals surface area contributed by atoms with E-state index in [0.29, 0.717) is 6.54 Å². The van der Waals surface area contributed by atoms with E-state index in [0.717, 1.165) is 31.4 Å². The summed E-state index contributed by atoms with van der Waals surface area (Å²) in [6.07, 6.45) is 4.28. The molecular weight excluding hydrogens is 276 g/mol. The number of rotatable bonds is 5. The molecule has 2 N–H and O–H groups in total. The summed E-state index contributed by atoms with van der Waals surface area (Å²) in [5.74, 6) is 1.88. The maximum absolute atomic E-state index is 5.65. The lowest BCUT2D eigenvalue weighted by atomic mass is 10.1. The summed E-state index contributed by atoms with van der Waals surface area (Å²) < 4.78 is 5.65. The fraction of sp³-hybridized carbons (Fsp3) is 0.706. The summed E-state index contributed by atoms with van der Waals surface area (Å²) in [4.78, 5) is 7.27. The average Bonchev–Trinajstić information content (AvgIpc) is 3.10. The number of likely N-dealkylation sites (tertiary alicyclic amines) is 1. The minimum atomic E-state index is -0.00513. The molecule has 2 heterocycles. The van der Waals surface area contributed by atoms with Crippen LogP contribution in [-0.4, -0.2) is 42.6 Å². The highest BCUT2D eigenvalue weighted by Crippen LogP contribution is 2.25. The van der Waals surface area contributed by atoms with Crippen molar-refractivity contribution < 1.29 is 4.42 Å². The number of nitrogens with zero attached hydrogens (tertiary/aromatic N) is 2. The molecule has 0 saturated carbocycles. The Hall–Kier alpha value is -1.49. The maximum Gasteiger partial charge on any atom is 0.191 e. The predicted molar refractivity (Wildman–Crippen MR) is 91.1 cm³/mol. The molecule has 0 aliphatic carbocycles. The zero-order chi connectivity index (χ0) is 16.0. The van der Waals surface area contributed by atoms with Crippen molar-refractivity contribution in [3.8, 4) is 0 Å². The van der Waals surface area contributed by atoms with Crippen molar-refractivity contribution in [3.05, 3.63) is 24.2 Å². The van der Waals surface area contributed by atoms with Crippen molar-refractivity contribution in [3.63, 3.8) is 0 Å². The number of hydrogen-bond donors (Lipinski definition) is 2. The van der Waals surface area contributed by atoms with Crippen molar-refractivity contribution in [1.29, 1.82) is 0 Å². The van der Waals surface area contributed by atoms with E-state index in [1.165, 1.54) is 12.8 Å². The second kappa shape index (κ2) is 7.68. The molecule has 0 radical (unpaired) electrons. The normalized spacial score (nSPS) is 18.5. The predicted octanol–water partition coefficient (Wildman–Crippen LogP) is 2.77. The van der Waals surface area contributed by atoms with Crippen LogP contribution in [0.1, 0.15) is 52.3 Å². The average molecular weight is 306 g/mol. The lowest BCUT2D eigenvalue weighted by molar-refractivity contribution is 0.221. The highest BCUT2D eigenvalue weighted by atomic mass is 16.3. The van der Waals surface area contributed by atoms with Gasteiger partial charge in [-0.1, -0.05) is 0 Å². The topological polar surface area (TPSA) is 52.8 Å². The number of aliphatic imine (C=N–C) groups is 1. The first kappa shape index (κ1) is 16.9. The largest absolute Gasteiger partial charge is 0.468 e. The molecule has 1 aliphatic rings. The Balaban J connectivity index is 2.09. The lowest BCUT2D eigenvalue weighted by Crippen LogP contribution is -2.47. The number of hydrogen-bond acceptors (Lipinski definition) is 3. The molecule has 5 heteroatoms. The summed E-state index contributed by atoms with van der Waals surface area (Å²) >= 11 is 0. The third-order valence-electron chi connectivity index (χ3n) is 3.71. The van der Waals surface area contributed by atoms with E-state index >= 15 is 0 Å². The highest BCUT2D eigenvalue weighted by molar-refractivity contribution is 5.80. The minimum Gasteiger partial charge on any atom is -0.468 e. The van der Waals surface area contributed by atoms with Crippen LogP contribution in [0.3, 0.4) is 0 Å². The fourth-order valence-electron chi connectivity index (χ4n) is 2.76. The highest BCUT2D eigenvalue weighted by Gasteiger charge is 2.25. The third-order valence-corrected chi connectivity index (χ3v) is 3.71. The van der Waals surface area contributed by atoms with Crippen LogP contribution in [0, 0.1) is 0 Å². The molecule has 124 valence electrons. The summed E-state index contributed by atoms with van der Waals surface area (Å²) in [7, 11) is 0. The molecule has 1 aromatic rings. The Morgan fingerprint density at radius 2 is 2.09 bits per heavy atom. The van der Waals surface area contributed by atoms with Crippen molar-refractivity contribution in [1.82, 2.24) is 15.5 Å². The Kier molecular flexibility index (Phi) is 5.89. The molecule has 5 nitrogen and oxygen atoms in total. The van der Waals surface area contributed by atoms with E-state index in [4.69, 9.17) is 9.41 Å². The first-order valence-electron chi connectivity index (χ1n) is 8.33. The molecule has 0 spiro atoms. The molecule has 1 aromatic heterocycles. The SMILES string of the molecule is CCNC(=NCC(c1ccco1)N1CCCC1)NC(C)(C)C. The second-order valence-corrected chi connectivity index (χ2v) is 6.87. The van der Waals surface area contributed by atoms with Crippen LogP contribution < -0.4 is 10.6 Å². The van der Waals surface area contributed by atoms with Gasteiger partial charge in [-0.2, -0.15) is 0 Å². The van der Waals surface area contributed by atoms with Gasteiger partial charge in [-0.25, -0.2) is 0 Å². The molecular formula is C17H30N4O. The zero-order valence-electron chi connectivity index (χ0n) is 14.4. The first-order valence-corrected chi connectivity index (χ1v) is 8.33. The molecule has 22 heavy (non-hydrogen) atoms. The molecule has 1 atom stereocenters. The van der Waals surface area contributed by atoms with Gasteiger partial charge in [-0.3, -0.25) is 9.89 Å². The molecule has 1 fully saturated rings. The quantitative estimate of drug-likeness (QED) is 0.649. The third kappa shape index (κ3) is 5.05. The number of guanidine groups is 1. The molecule has 2 rings (SSSR count). The van der Waals surface area contributed by atoms with Gasteiger partial charge in [0.2, 0.25) is 0 Å². The van der Waals surface area contributed by atoms with Crippen molar-refractivity contribution in [2.24, 2.45) is 4.99 Å². The van der Waals surface area contributed by atoms with Gasteiger partial charge in [0.15, 0.2) is 5.96 Å². The van der Waals surface area contributed by atoms with Crippen LogP contribution in [0.5, 0.6) is 0 Å². The van der Waals surface area contributed by atoms with Gasteiger partial charge in [-0.05, 0) is 65.8 Å². The Morgan fingerprint density at radius 1 is 1.36 bits per heavy atom. The standard InChI is InChI=1S/C17H30N4O/c1-5-18-16(20-17(2,3)4)19-13-14(15-9-8-12-22-15)21-10-6-7-11-21/h8-9,12,14H,5-7,10-11,13H2,1-4H3,(H2,18,19,20). The molecule has 1 saturated heterocycles. The monoisotopic (exact) mass is 306 g/mol. The smallest absolute Gasteiger partial charge is 0.191 e. The van der Waals surface area contributed by atoms with E-state index in [9.17, 15) is 0 Å². The van der Waals surface area contributed by atoms with E-state index in [1.54, 1.807) is 6.26 Å². The van der Waals surface area contributed by atoms with E-state index in [1.807, 2.05) is 6.07 Å². The molecule has 0 aromatic carbocycles. The van der Waals surface area contributed by atoms with Gasteiger partial charge in [0.05, 0.1) is 18.8 Å². The van der Waals surface area contributed by atoms with Crippen molar-refractivity contribution in [2.75, 3.05) is 26.2 Å². The zero-order valence-corrected chi connectivity index (χ0v) is 14.4. The van der Waals surface area contributed by atoms with Crippen LogP contribution in [-0.2, 0) is 0 Å². The molecule has 0 amide bonds. The first-order chi connectivity index (χ1) is 10.5. The minimum absolute atomic E-state index is 0.00513. The van der Waals surface area contributed by atoms with E-state index in [-0.39, 0.29) is 11.6 Å². The van der Waals surface area contributed by atoms with Gasteiger partial charge in [0, 0.05) is 12.1 Å². The van der Waals surface area contributed by atoms with Crippen LogP contribution >= 0.6 is 0 Å². The van der Waals surface area contributed by atoms with Gasteiger partial charge < -0.3 is 15.1 Å². The fourth-order valence-corrected chi connectivity index (χ4v) is 2.76.